The summed E-state index contributed by atoms with van der Waals surface area (Å²) in [6.45, 7) is 0.608. The highest BCUT2D eigenvalue weighted by atomic mass is 35.5. The Morgan fingerprint density at radius 2 is 2.13 bits per heavy atom. The second-order valence-electron chi connectivity index (χ2n) is 3.63. The molecule has 2 rings (SSSR count). The Bertz CT molecular complexity index is 350. The summed E-state index contributed by atoms with van der Waals surface area (Å²) in [5.41, 5.74) is 1.12. The fourth-order valence-electron chi connectivity index (χ4n) is 1.76. The van der Waals surface area contributed by atoms with Crippen LogP contribution in [-0.2, 0) is 4.74 Å². The van der Waals surface area contributed by atoms with E-state index in [0.29, 0.717) is 6.61 Å². The van der Waals surface area contributed by atoms with Crippen molar-refractivity contribution in [3.63, 3.8) is 0 Å². The molecule has 0 spiro atoms. The van der Waals surface area contributed by atoms with Crippen LogP contribution in [0.25, 0.3) is 0 Å². The number of oxime groups is 1. The van der Waals surface area contributed by atoms with E-state index in [-0.39, 0.29) is 12.0 Å². The van der Waals surface area contributed by atoms with Crippen molar-refractivity contribution in [1.82, 2.24) is 0 Å². The lowest BCUT2D eigenvalue weighted by Gasteiger charge is -2.08. The molecule has 4 heteroatoms. The minimum Gasteiger partial charge on any atom is -0.411 e. The van der Waals surface area contributed by atoms with Gasteiger partial charge in [-0.15, -0.1) is 5.16 Å². The van der Waals surface area contributed by atoms with Gasteiger partial charge in [0.2, 0.25) is 0 Å². The Morgan fingerprint density at radius 1 is 1.40 bits per heavy atom. The van der Waals surface area contributed by atoms with E-state index in [2.05, 4.69) is 5.16 Å². The van der Waals surface area contributed by atoms with Gasteiger partial charge in [-0.2, -0.15) is 0 Å². The third-order valence-electron chi connectivity index (χ3n) is 2.55. The summed E-state index contributed by atoms with van der Waals surface area (Å²) in [6, 6.07) is 7.64. The molecule has 1 saturated heterocycles. The molecule has 1 N–H and O–H groups in total. The Hall–Kier alpha value is -1.06. The third kappa shape index (κ3) is 2.49. The van der Waals surface area contributed by atoms with E-state index in [1.807, 2.05) is 24.3 Å². The lowest BCUT2D eigenvalue weighted by Crippen LogP contribution is -1.99. The van der Waals surface area contributed by atoms with Crippen molar-refractivity contribution in [3.05, 3.63) is 34.9 Å². The molecule has 1 aliphatic rings. The zero-order chi connectivity index (χ0) is 10.7. The van der Waals surface area contributed by atoms with Crippen LogP contribution >= 0.6 is 11.6 Å². The molecule has 0 unspecified atom stereocenters. The summed E-state index contributed by atoms with van der Waals surface area (Å²) in [5, 5.41) is 12.2. The molecule has 1 heterocycles. The first-order valence-electron chi connectivity index (χ1n) is 4.84. The Labute approximate surface area is 93.3 Å². The summed E-state index contributed by atoms with van der Waals surface area (Å²) in [6.07, 6.45) is 2.46. The number of ether oxygens (including phenoxy) is 1. The van der Waals surface area contributed by atoms with Gasteiger partial charge in [-0.25, -0.2) is 0 Å². The molecule has 15 heavy (non-hydrogen) atoms. The number of benzene rings is 1. The fourth-order valence-corrected chi connectivity index (χ4v) is 1.88. The molecule has 3 nitrogen and oxygen atoms in total. The van der Waals surface area contributed by atoms with Crippen molar-refractivity contribution in [2.45, 2.75) is 12.5 Å². The Balaban J connectivity index is 2.04. The maximum Gasteiger partial charge on any atom is 0.0832 e. The largest absolute Gasteiger partial charge is 0.411 e. The Morgan fingerprint density at radius 3 is 2.80 bits per heavy atom. The molecule has 80 valence electrons. The van der Waals surface area contributed by atoms with E-state index in [0.717, 1.165) is 17.0 Å². The van der Waals surface area contributed by atoms with Gasteiger partial charge in [0.05, 0.1) is 12.7 Å². The molecule has 0 saturated carbocycles. The van der Waals surface area contributed by atoms with E-state index in [9.17, 15) is 0 Å². The second kappa shape index (κ2) is 4.64. The zero-order valence-electron chi connectivity index (χ0n) is 8.14. The zero-order valence-corrected chi connectivity index (χ0v) is 8.89. The average Bonchev–Trinajstić information content (AvgIpc) is 2.68. The predicted octanol–water partition coefficient (Wildman–Crippen LogP) is 2.88. The summed E-state index contributed by atoms with van der Waals surface area (Å²) < 4.78 is 5.60. The summed E-state index contributed by atoms with van der Waals surface area (Å²) >= 11 is 5.80. The van der Waals surface area contributed by atoms with Crippen LogP contribution < -0.4 is 0 Å². The molecule has 1 aliphatic heterocycles. The fraction of sp³-hybridized carbons (Fsp3) is 0.364. The Kier molecular flexibility index (Phi) is 3.23. The van der Waals surface area contributed by atoms with Gasteiger partial charge in [-0.3, -0.25) is 0 Å². The van der Waals surface area contributed by atoms with Crippen molar-refractivity contribution in [3.8, 4) is 0 Å². The molecule has 2 atom stereocenters. The summed E-state index contributed by atoms with van der Waals surface area (Å²) in [7, 11) is 0. The first kappa shape index (κ1) is 10.5. The molecule has 1 aromatic carbocycles. The first-order chi connectivity index (χ1) is 7.29. The number of halogens is 1. The molecule has 0 bridgehead atoms. The van der Waals surface area contributed by atoms with Crippen molar-refractivity contribution >= 4 is 17.8 Å². The third-order valence-corrected chi connectivity index (χ3v) is 2.80. The van der Waals surface area contributed by atoms with E-state index in [1.165, 1.54) is 6.21 Å². The van der Waals surface area contributed by atoms with Crippen LogP contribution in [0.2, 0.25) is 5.02 Å². The van der Waals surface area contributed by atoms with Gasteiger partial charge in [0, 0.05) is 17.2 Å². The van der Waals surface area contributed by atoms with E-state index >= 15 is 0 Å². The van der Waals surface area contributed by atoms with Crippen molar-refractivity contribution in [2.75, 3.05) is 6.61 Å². The quantitative estimate of drug-likeness (QED) is 0.478. The van der Waals surface area contributed by atoms with Gasteiger partial charge in [-0.05, 0) is 24.1 Å². The number of hydrogen-bond acceptors (Lipinski definition) is 3. The maximum atomic E-state index is 8.42. The first-order valence-corrected chi connectivity index (χ1v) is 5.22. The number of hydrogen-bond donors (Lipinski definition) is 1. The number of rotatable bonds is 2. The molecular weight excluding hydrogens is 214 g/mol. The predicted molar refractivity (Wildman–Crippen MR) is 58.5 cm³/mol. The van der Waals surface area contributed by atoms with Gasteiger partial charge >= 0.3 is 0 Å². The molecule has 0 amide bonds. The lowest BCUT2D eigenvalue weighted by atomic mass is 10.0. The molecule has 1 fully saturated rings. The van der Waals surface area contributed by atoms with Crippen LogP contribution in [0.4, 0.5) is 0 Å². The maximum absolute atomic E-state index is 8.42. The highest BCUT2D eigenvalue weighted by Crippen LogP contribution is 2.31. The van der Waals surface area contributed by atoms with Gasteiger partial charge < -0.3 is 9.94 Å². The topological polar surface area (TPSA) is 41.8 Å². The van der Waals surface area contributed by atoms with Crippen LogP contribution in [0, 0.1) is 5.92 Å². The average molecular weight is 226 g/mol. The van der Waals surface area contributed by atoms with Gasteiger partial charge in [0.1, 0.15) is 0 Å². The lowest BCUT2D eigenvalue weighted by molar-refractivity contribution is 0.110. The van der Waals surface area contributed by atoms with Crippen LogP contribution in [0.15, 0.2) is 29.4 Å². The monoisotopic (exact) mass is 225 g/mol. The SMILES string of the molecule is O/N=C/[C@@H]1CO[C@@H](c2ccc(Cl)cc2)C1. The minimum absolute atomic E-state index is 0.0882. The highest BCUT2D eigenvalue weighted by Gasteiger charge is 2.25. The van der Waals surface area contributed by atoms with Crippen LogP contribution in [0.5, 0.6) is 0 Å². The molecule has 0 aromatic heterocycles. The van der Waals surface area contributed by atoms with Crippen molar-refractivity contribution in [2.24, 2.45) is 11.1 Å². The summed E-state index contributed by atoms with van der Waals surface area (Å²) in [5.74, 6) is 0.204. The van der Waals surface area contributed by atoms with Crippen molar-refractivity contribution < 1.29 is 9.94 Å². The van der Waals surface area contributed by atoms with E-state index < -0.39 is 0 Å². The van der Waals surface area contributed by atoms with Gasteiger partial charge in [-0.1, -0.05) is 23.7 Å². The van der Waals surface area contributed by atoms with Gasteiger partial charge in [0.15, 0.2) is 0 Å². The smallest absolute Gasteiger partial charge is 0.0832 e. The van der Waals surface area contributed by atoms with E-state index in [1.54, 1.807) is 0 Å². The van der Waals surface area contributed by atoms with Crippen LogP contribution in [0.1, 0.15) is 18.1 Å². The number of nitrogens with zero attached hydrogens (tertiary/aromatic N) is 1. The van der Waals surface area contributed by atoms with E-state index in [4.69, 9.17) is 21.5 Å². The van der Waals surface area contributed by atoms with Gasteiger partial charge in [0.25, 0.3) is 0 Å². The van der Waals surface area contributed by atoms with Crippen LogP contribution in [-0.4, -0.2) is 18.0 Å². The standard InChI is InChI=1S/C11H12ClNO2/c12-10-3-1-9(2-4-10)11-5-8(6-13-14)7-15-11/h1-4,6,8,11,14H,5,7H2/b13-6+/t8-,11-/m1/s1. The summed E-state index contributed by atoms with van der Waals surface area (Å²) in [4.78, 5) is 0. The second-order valence-corrected chi connectivity index (χ2v) is 4.07. The normalized spacial score (nSPS) is 26.2. The molecule has 1 aromatic rings. The van der Waals surface area contributed by atoms with Crippen molar-refractivity contribution in [1.29, 1.82) is 0 Å². The molecule has 0 aliphatic carbocycles. The van der Waals surface area contributed by atoms with Crippen LogP contribution in [0.3, 0.4) is 0 Å². The molecular formula is C11H12ClNO2. The molecule has 0 radical (unpaired) electrons. The highest BCUT2D eigenvalue weighted by molar-refractivity contribution is 6.30. The minimum atomic E-state index is 0.0882.